The van der Waals surface area contributed by atoms with Crippen LogP contribution in [0.25, 0.3) is 0 Å². The van der Waals surface area contributed by atoms with Gasteiger partial charge in [-0.2, -0.15) is 0 Å². The fourth-order valence-electron chi connectivity index (χ4n) is 3.66. The van der Waals surface area contributed by atoms with E-state index in [4.69, 9.17) is 9.47 Å². The van der Waals surface area contributed by atoms with E-state index in [9.17, 15) is 5.11 Å². The Morgan fingerprint density at radius 1 is 1.17 bits per heavy atom. The molecule has 0 aliphatic carbocycles. The van der Waals surface area contributed by atoms with Gasteiger partial charge in [0.1, 0.15) is 12.7 Å². The van der Waals surface area contributed by atoms with Crippen LogP contribution in [-0.2, 0) is 13.1 Å². The van der Waals surface area contributed by atoms with Crippen molar-refractivity contribution >= 4 is 0 Å². The highest BCUT2D eigenvalue weighted by molar-refractivity contribution is 5.43. The molecule has 1 aromatic heterocycles. The number of imidazole rings is 1. The zero-order valence-corrected chi connectivity index (χ0v) is 17.4. The number of nitrogens with zero attached hydrogens (tertiary/aromatic N) is 3. The molecule has 1 aromatic carbocycles. The summed E-state index contributed by atoms with van der Waals surface area (Å²) >= 11 is 0. The monoisotopic (exact) mass is 402 g/mol. The molecular weight excluding hydrogens is 368 g/mol. The first-order valence-electron chi connectivity index (χ1n) is 10.6. The quantitative estimate of drug-likeness (QED) is 0.562. The van der Waals surface area contributed by atoms with Gasteiger partial charge in [0.15, 0.2) is 11.5 Å². The van der Waals surface area contributed by atoms with Gasteiger partial charge in [0.25, 0.3) is 0 Å². The van der Waals surface area contributed by atoms with E-state index in [2.05, 4.69) is 15.2 Å². The summed E-state index contributed by atoms with van der Waals surface area (Å²) in [5, 5.41) is 13.8. The smallest absolute Gasteiger partial charge is 0.161 e. The maximum atomic E-state index is 10.4. The van der Waals surface area contributed by atoms with E-state index in [-0.39, 0.29) is 6.61 Å². The normalized spacial score (nSPS) is 16.3. The molecule has 0 saturated carbocycles. The lowest BCUT2D eigenvalue weighted by molar-refractivity contribution is 0.0683. The van der Waals surface area contributed by atoms with Crippen LogP contribution < -0.4 is 14.8 Å². The van der Waals surface area contributed by atoms with Gasteiger partial charge in [0, 0.05) is 38.6 Å². The van der Waals surface area contributed by atoms with Gasteiger partial charge in [-0.15, -0.1) is 0 Å². The van der Waals surface area contributed by atoms with Crippen molar-refractivity contribution in [1.82, 2.24) is 19.8 Å². The lowest BCUT2D eigenvalue weighted by Crippen LogP contribution is -2.36. The fraction of sp³-hybridized carbons (Fsp3) is 0.591. The highest BCUT2D eigenvalue weighted by Gasteiger charge is 2.15. The van der Waals surface area contributed by atoms with Crippen LogP contribution in [0.2, 0.25) is 0 Å². The van der Waals surface area contributed by atoms with Crippen molar-refractivity contribution in [3.63, 3.8) is 0 Å². The molecule has 3 rings (SSSR count). The number of nitrogens with one attached hydrogen (secondary N) is 1. The molecule has 1 atom stereocenters. The maximum absolute atomic E-state index is 10.4. The summed E-state index contributed by atoms with van der Waals surface area (Å²) in [6.45, 7) is 5.58. The Morgan fingerprint density at radius 2 is 2.00 bits per heavy atom. The Labute approximate surface area is 173 Å². The number of ether oxygens (including phenoxy) is 2. The lowest BCUT2D eigenvalue weighted by atomic mass is 10.2. The van der Waals surface area contributed by atoms with E-state index >= 15 is 0 Å². The number of benzene rings is 1. The summed E-state index contributed by atoms with van der Waals surface area (Å²) in [6.07, 6.45) is 10.1. The van der Waals surface area contributed by atoms with Crippen molar-refractivity contribution in [2.45, 2.75) is 44.9 Å². The standard InChI is InChI=1S/C22H34N4O3/c1-28-22-14-19(15-23-8-12-26-13-9-24-18-26)6-7-21(22)29-17-20(27)16-25-10-4-2-3-5-11-25/h6-7,9,13-14,18,20,23,27H,2-5,8,10-12,15-17H2,1H3. The Morgan fingerprint density at radius 3 is 2.72 bits per heavy atom. The first kappa shape index (κ1) is 21.6. The van der Waals surface area contributed by atoms with Gasteiger partial charge in [-0.1, -0.05) is 18.9 Å². The molecule has 7 heteroatoms. The molecule has 2 aromatic rings. The van der Waals surface area contributed by atoms with E-state index in [1.807, 2.05) is 35.3 Å². The van der Waals surface area contributed by atoms with E-state index in [0.29, 0.717) is 18.0 Å². The van der Waals surface area contributed by atoms with Gasteiger partial charge in [-0.05, 0) is 43.6 Å². The number of aliphatic hydroxyl groups excluding tert-OH is 1. The number of hydrogen-bond donors (Lipinski definition) is 2. The number of β-amino-alcohol motifs (C(OH)–C–C–N with tert-alkyl or cyclic N) is 1. The van der Waals surface area contributed by atoms with E-state index in [1.54, 1.807) is 13.3 Å². The van der Waals surface area contributed by atoms with Crippen LogP contribution in [0.1, 0.15) is 31.2 Å². The molecule has 0 spiro atoms. The second-order valence-electron chi connectivity index (χ2n) is 7.64. The molecule has 7 nitrogen and oxygen atoms in total. The van der Waals surface area contributed by atoms with Gasteiger partial charge in [-0.3, -0.25) is 0 Å². The summed E-state index contributed by atoms with van der Waals surface area (Å²) in [5.41, 5.74) is 1.13. The van der Waals surface area contributed by atoms with Crippen LogP contribution in [0.15, 0.2) is 36.9 Å². The average molecular weight is 403 g/mol. The molecule has 160 valence electrons. The molecular formula is C22H34N4O3. The summed E-state index contributed by atoms with van der Waals surface area (Å²) in [5.74, 6) is 1.37. The SMILES string of the molecule is COc1cc(CNCCn2ccnc2)ccc1OCC(O)CN1CCCCCC1. The Bertz CT molecular complexity index is 700. The zero-order chi connectivity index (χ0) is 20.3. The molecule has 0 amide bonds. The van der Waals surface area contributed by atoms with E-state index in [0.717, 1.165) is 38.3 Å². The molecule has 1 fully saturated rings. The molecule has 1 saturated heterocycles. The minimum Gasteiger partial charge on any atom is -0.493 e. The largest absolute Gasteiger partial charge is 0.493 e. The van der Waals surface area contributed by atoms with Gasteiger partial charge >= 0.3 is 0 Å². The fourth-order valence-corrected chi connectivity index (χ4v) is 3.66. The molecule has 2 heterocycles. The predicted molar refractivity (Wildman–Crippen MR) is 113 cm³/mol. The topological polar surface area (TPSA) is 71.8 Å². The third-order valence-electron chi connectivity index (χ3n) is 5.26. The van der Waals surface area contributed by atoms with Crippen LogP contribution in [0.4, 0.5) is 0 Å². The minimum atomic E-state index is -0.498. The molecule has 1 aliphatic rings. The second kappa shape index (κ2) is 11.8. The number of hydrogen-bond acceptors (Lipinski definition) is 6. The summed E-state index contributed by atoms with van der Waals surface area (Å²) in [6, 6.07) is 5.94. The Hall–Kier alpha value is -2.09. The van der Waals surface area contributed by atoms with Crippen LogP contribution in [0.5, 0.6) is 11.5 Å². The first-order chi connectivity index (χ1) is 14.2. The van der Waals surface area contributed by atoms with Gasteiger partial charge in [0.2, 0.25) is 0 Å². The second-order valence-corrected chi connectivity index (χ2v) is 7.64. The third-order valence-corrected chi connectivity index (χ3v) is 5.26. The highest BCUT2D eigenvalue weighted by Crippen LogP contribution is 2.28. The molecule has 1 unspecified atom stereocenters. The molecule has 2 N–H and O–H groups in total. The van der Waals surface area contributed by atoms with Crippen molar-refractivity contribution in [3.05, 3.63) is 42.5 Å². The first-order valence-corrected chi connectivity index (χ1v) is 10.6. The summed E-state index contributed by atoms with van der Waals surface area (Å²) in [7, 11) is 1.64. The molecule has 0 radical (unpaired) electrons. The number of likely N-dealkylation sites (tertiary alicyclic amines) is 1. The maximum Gasteiger partial charge on any atom is 0.161 e. The average Bonchev–Trinajstić information content (AvgIpc) is 3.13. The Balaban J connectivity index is 1.42. The van der Waals surface area contributed by atoms with Crippen molar-refractivity contribution in [2.24, 2.45) is 0 Å². The molecule has 0 bridgehead atoms. The lowest BCUT2D eigenvalue weighted by Gasteiger charge is -2.23. The van der Waals surface area contributed by atoms with Crippen molar-refractivity contribution in [1.29, 1.82) is 0 Å². The summed E-state index contributed by atoms with van der Waals surface area (Å²) in [4.78, 5) is 6.39. The van der Waals surface area contributed by atoms with Crippen molar-refractivity contribution in [2.75, 3.05) is 39.9 Å². The number of aromatic nitrogens is 2. The minimum absolute atomic E-state index is 0.273. The molecule has 29 heavy (non-hydrogen) atoms. The van der Waals surface area contributed by atoms with Gasteiger partial charge in [-0.25, -0.2) is 4.98 Å². The highest BCUT2D eigenvalue weighted by atomic mass is 16.5. The number of methoxy groups -OCH3 is 1. The van der Waals surface area contributed by atoms with Crippen LogP contribution in [0, 0.1) is 0 Å². The number of rotatable bonds is 11. The third kappa shape index (κ3) is 7.34. The van der Waals surface area contributed by atoms with Crippen LogP contribution in [0.3, 0.4) is 0 Å². The zero-order valence-electron chi connectivity index (χ0n) is 17.4. The predicted octanol–water partition coefficient (Wildman–Crippen LogP) is 2.30. The van der Waals surface area contributed by atoms with E-state index < -0.39 is 6.10 Å². The molecule has 1 aliphatic heterocycles. The van der Waals surface area contributed by atoms with Crippen molar-refractivity contribution in [3.8, 4) is 11.5 Å². The van der Waals surface area contributed by atoms with E-state index in [1.165, 1.54) is 25.7 Å². The van der Waals surface area contributed by atoms with Gasteiger partial charge in [0.05, 0.1) is 13.4 Å². The number of aliphatic hydroxyl groups is 1. The van der Waals surface area contributed by atoms with Gasteiger partial charge < -0.3 is 29.4 Å². The van der Waals surface area contributed by atoms with Crippen LogP contribution in [-0.4, -0.2) is 65.6 Å². The Kier molecular flexibility index (Phi) is 8.80. The summed E-state index contributed by atoms with van der Waals surface area (Å²) < 4.78 is 13.4. The van der Waals surface area contributed by atoms with Crippen LogP contribution >= 0.6 is 0 Å². The van der Waals surface area contributed by atoms with Crippen molar-refractivity contribution < 1.29 is 14.6 Å².